The first-order valence-electron chi connectivity index (χ1n) is 9.15. The average molecular weight is 403 g/mol. The summed E-state index contributed by atoms with van der Waals surface area (Å²) in [6.45, 7) is 1.42. The number of hydrogen-bond acceptors (Lipinski definition) is 6. The van der Waals surface area contributed by atoms with E-state index >= 15 is 0 Å². The van der Waals surface area contributed by atoms with Crippen LogP contribution in [0.25, 0.3) is 11.3 Å². The molecule has 8 heteroatoms. The van der Waals surface area contributed by atoms with E-state index in [0.717, 1.165) is 5.56 Å². The lowest BCUT2D eigenvalue weighted by Crippen LogP contribution is -2.38. The standard InChI is InChI=1S/C22H21N5O3/c1-14(23)20(21(28)26-16-6-8-18(30-2)9-7-16)22(29)27-17-5-3-4-15(12-17)19-13-24-10-11-25-19/h3-13,20,23H,1-2H3,(H,26,28)(H,27,29). The van der Waals surface area contributed by atoms with Crippen molar-refractivity contribution < 1.29 is 14.3 Å². The molecule has 0 aliphatic carbocycles. The van der Waals surface area contributed by atoms with Crippen LogP contribution in [0.1, 0.15) is 6.92 Å². The van der Waals surface area contributed by atoms with E-state index in [1.807, 2.05) is 6.07 Å². The number of anilines is 2. The highest BCUT2D eigenvalue weighted by Crippen LogP contribution is 2.21. The van der Waals surface area contributed by atoms with E-state index in [1.165, 1.54) is 6.92 Å². The SMILES string of the molecule is COc1ccc(NC(=O)C(C(C)=N)C(=O)Nc2cccc(-c3cnccn3)c2)cc1. The second-order valence-electron chi connectivity index (χ2n) is 6.49. The van der Waals surface area contributed by atoms with E-state index in [9.17, 15) is 9.59 Å². The summed E-state index contributed by atoms with van der Waals surface area (Å²) in [6.07, 6.45) is 4.78. The van der Waals surface area contributed by atoms with Gasteiger partial charge in [0.2, 0.25) is 11.8 Å². The first-order chi connectivity index (χ1) is 14.5. The van der Waals surface area contributed by atoms with Gasteiger partial charge in [-0.3, -0.25) is 19.6 Å². The fourth-order valence-corrected chi connectivity index (χ4v) is 2.82. The van der Waals surface area contributed by atoms with Gasteiger partial charge in [0.25, 0.3) is 0 Å². The summed E-state index contributed by atoms with van der Waals surface area (Å²) in [5.41, 5.74) is 2.36. The Kier molecular flexibility index (Phi) is 6.49. The van der Waals surface area contributed by atoms with Gasteiger partial charge in [-0.25, -0.2) is 0 Å². The number of ether oxygens (including phenoxy) is 1. The maximum Gasteiger partial charge on any atom is 0.242 e. The maximum absolute atomic E-state index is 12.8. The summed E-state index contributed by atoms with van der Waals surface area (Å²) in [5, 5.41) is 13.3. The number of carbonyl (C=O) groups excluding carboxylic acids is 2. The summed E-state index contributed by atoms with van der Waals surface area (Å²) in [4.78, 5) is 33.7. The lowest BCUT2D eigenvalue weighted by Gasteiger charge is -2.16. The number of nitrogens with one attached hydrogen (secondary N) is 3. The van der Waals surface area contributed by atoms with Crippen molar-refractivity contribution in [2.75, 3.05) is 17.7 Å². The van der Waals surface area contributed by atoms with E-state index in [-0.39, 0.29) is 5.71 Å². The zero-order valence-electron chi connectivity index (χ0n) is 16.5. The number of carbonyl (C=O) groups is 2. The lowest BCUT2D eigenvalue weighted by atomic mass is 10.0. The molecule has 3 aromatic rings. The third-order valence-electron chi connectivity index (χ3n) is 4.30. The molecular weight excluding hydrogens is 382 g/mol. The van der Waals surface area contributed by atoms with Gasteiger partial charge in [-0.05, 0) is 43.3 Å². The van der Waals surface area contributed by atoms with Crippen molar-refractivity contribution >= 4 is 28.9 Å². The minimum absolute atomic E-state index is 0.0661. The Morgan fingerprint density at radius 2 is 1.70 bits per heavy atom. The molecule has 8 nitrogen and oxygen atoms in total. The van der Waals surface area contributed by atoms with Crippen LogP contribution < -0.4 is 15.4 Å². The van der Waals surface area contributed by atoms with E-state index in [2.05, 4.69) is 20.6 Å². The Morgan fingerprint density at radius 1 is 1.00 bits per heavy atom. The van der Waals surface area contributed by atoms with Crippen molar-refractivity contribution in [2.45, 2.75) is 6.92 Å². The van der Waals surface area contributed by atoms with Crippen LogP contribution in [-0.2, 0) is 9.59 Å². The minimum Gasteiger partial charge on any atom is -0.497 e. The van der Waals surface area contributed by atoms with Crippen molar-refractivity contribution in [1.29, 1.82) is 5.41 Å². The molecule has 1 heterocycles. The normalized spacial score (nSPS) is 11.3. The molecule has 2 amide bonds. The molecule has 0 fully saturated rings. The minimum atomic E-state index is -1.27. The van der Waals surface area contributed by atoms with Gasteiger partial charge in [-0.2, -0.15) is 0 Å². The molecule has 3 rings (SSSR count). The number of methoxy groups -OCH3 is 1. The summed E-state index contributed by atoms with van der Waals surface area (Å²) >= 11 is 0. The van der Waals surface area contributed by atoms with Crippen LogP contribution in [0.5, 0.6) is 5.75 Å². The van der Waals surface area contributed by atoms with Crippen molar-refractivity contribution in [3.63, 3.8) is 0 Å². The Morgan fingerprint density at radius 3 is 2.30 bits per heavy atom. The second kappa shape index (κ2) is 9.42. The summed E-state index contributed by atoms with van der Waals surface area (Å²) < 4.78 is 5.09. The predicted octanol–water partition coefficient (Wildman–Crippen LogP) is 3.39. The summed E-state index contributed by atoms with van der Waals surface area (Å²) in [5.74, 6) is -1.80. The van der Waals surface area contributed by atoms with Crippen LogP contribution >= 0.6 is 0 Å². The van der Waals surface area contributed by atoms with Gasteiger partial charge in [0, 0.05) is 35.0 Å². The number of benzene rings is 2. The van der Waals surface area contributed by atoms with Gasteiger partial charge in [-0.15, -0.1) is 0 Å². The molecular formula is C22H21N5O3. The Labute approximate surface area is 173 Å². The lowest BCUT2D eigenvalue weighted by molar-refractivity contribution is -0.126. The molecule has 0 aliphatic heterocycles. The first-order valence-corrected chi connectivity index (χ1v) is 9.15. The van der Waals surface area contributed by atoms with Crippen LogP contribution in [0.2, 0.25) is 0 Å². The molecule has 0 bridgehead atoms. The van der Waals surface area contributed by atoms with Crippen LogP contribution in [-0.4, -0.2) is 34.6 Å². The number of amides is 2. The highest BCUT2D eigenvalue weighted by atomic mass is 16.5. The van der Waals surface area contributed by atoms with Crippen molar-refractivity contribution in [1.82, 2.24) is 9.97 Å². The first kappa shape index (κ1) is 20.7. The molecule has 0 radical (unpaired) electrons. The van der Waals surface area contributed by atoms with Gasteiger partial charge >= 0.3 is 0 Å². The topological polar surface area (TPSA) is 117 Å². The molecule has 0 saturated carbocycles. The average Bonchev–Trinajstić information content (AvgIpc) is 2.75. The Balaban J connectivity index is 1.74. The van der Waals surface area contributed by atoms with Gasteiger partial charge in [0.1, 0.15) is 5.75 Å². The molecule has 152 valence electrons. The molecule has 0 aliphatic rings. The maximum atomic E-state index is 12.8. The smallest absolute Gasteiger partial charge is 0.242 e. The molecule has 1 aromatic heterocycles. The third-order valence-corrected chi connectivity index (χ3v) is 4.30. The van der Waals surface area contributed by atoms with E-state index in [4.69, 9.17) is 10.1 Å². The largest absolute Gasteiger partial charge is 0.497 e. The zero-order chi connectivity index (χ0) is 21.5. The Bertz CT molecular complexity index is 1050. The number of nitrogens with zero attached hydrogens (tertiary/aromatic N) is 2. The van der Waals surface area contributed by atoms with Gasteiger partial charge in [0.15, 0.2) is 5.92 Å². The van der Waals surface area contributed by atoms with Crippen LogP contribution in [0.3, 0.4) is 0 Å². The predicted molar refractivity (Wildman–Crippen MR) is 115 cm³/mol. The molecule has 0 spiro atoms. The summed E-state index contributed by atoms with van der Waals surface area (Å²) in [6, 6.07) is 13.8. The molecule has 0 saturated heterocycles. The zero-order valence-corrected chi connectivity index (χ0v) is 16.5. The Hall–Kier alpha value is -4.07. The molecule has 3 N–H and O–H groups in total. The monoisotopic (exact) mass is 403 g/mol. The van der Waals surface area contributed by atoms with Crippen LogP contribution in [0.4, 0.5) is 11.4 Å². The van der Waals surface area contributed by atoms with Crippen molar-refractivity contribution in [3.8, 4) is 17.0 Å². The van der Waals surface area contributed by atoms with E-state index in [1.54, 1.807) is 68.2 Å². The highest BCUT2D eigenvalue weighted by Gasteiger charge is 2.29. The van der Waals surface area contributed by atoms with Gasteiger partial charge in [-0.1, -0.05) is 12.1 Å². The van der Waals surface area contributed by atoms with Crippen LogP contribution in [0.15, 0.2) is 67.1 Å². The fraction of sp³-hybridized carbons (Fsp3) is 0.136. The van der Waals surface area contributed by atoms with E-state index < -0.39 is 17.7 Å². The fourth-order valence-electron chi connectivity index (χ4n) is 2.82. The third kappa shape index (κ3) is 5.05. The highest BCUT2D eigenvalue weighted by molar-refractivity contribution is 6.24. The van der Waals surface area contributed by atoms with Crippen LogP contribution in [0, 0.1) is 11.3 Å². The molecule has 1 atom stereocenters. The quantitative estimate of drug-likeness (QED) is 0.413. The molecule has 1 unspecified atom stereocenters. The second-order valence-corrected chi connectivity index (χ2v) is 6.49. The number of rotatable bonds is 7. The van der Waals surface area contributed by atoms with Gasteiger partial charge < -0.3 is 20.8 Å². The number of aromatic nitrogens is 2. The number of hydrogen-bond donors (Lipinski definition) is 3. The van der Waals surface area contributed by atoms with Crippen molar-refractivity contribution in [3.05, 3.63) is 67.1 Å². The van der Waals surface area contributed by atoms with E-state index in [0.29, 0.717) is 22.8 Å². The summed E-state index contributed by atoms with van der Waals surface area (Å²) in [7, 11) is 1.55. The molecule has 30 heavy (non-hydrogen) atoms. The molecule has 2 aromatic carbocycles. The van der Waals surface area contributed by atoms with Gasteiger partial charge in [0.05, 0.1) is 19.0 Å². The van der Waals surface area contributed by atoms with Crippen molar-refractivity contribution in [2.24, 2.45) is 5.92 Å².